The average Bonchev–Trinajstić information content (AvgIpc) is 2.41. The SMILES string of the molecule is CC[C@@H](c1ccc(Cl)cc1)c1ccnc(OC(C)C)c1. The van der Waals surface area contributed by atoms with E-state index in [1.807, 2.05) is 38.2 Å². The lowest BCUT2D eigenvalue weighted by atomic mass is 9.90. The molecule has 1 heterocycles. The predicted molar refractivity (Wildman–Crippen MR) is 83.6 cm³/mol. The number of hydrogen-bond acceptors (Lipinski definition) is 2. The Morgan fingerprint density at radius 3 is 2.40 bits per heavy atom. The van der Waals surface area contributed by atoms with Crippen LogP contribution in [-0.4, -0.2) is 11.1 Å². The molecule has 0 spiro atoms. The minimum atomic E-state index is 0.133. The number of nitrogens with zero attached hydrogens (tertiary/aromatic N) is 1. The molecule has 2 nitrogen and oxygen atoms in total. The number of halogens is 1. The van der Waals surface area contributed by atoms with Crippen molar-refractivity contribution in [2.75, 3.05) is 0 Å². The molecule has 3 heteroatoms. The summed E-state index contributed by atoms with van der Waals surface area (Å²) in [5.41, 5.74) is 2.49. The Hall–Kier alpha value is -1.54. The van der Waals surface area contributed by atoms with Crippen molar-refractivity contribution in [1.82, 2.24) is 4.98 Å². The Morgan fingerprint density at radius 2 is 1.80 bits per heavy atom. The van der Waals surface area contributed by atoms with Crippen LogP contribution < -0.4 is 4.74 Å². The van der Waals surface area contributed by atoms with Crippen LogP contribution in [0.25, 0.3) is 0 Å². The van der Waals surface area contributed by atoms with Gasteiger partial charge in [-0.05, 0) is 49.6 Å². The molecule has 20 heavy (non-hydrogen) atoms. The highest BCUT2D eigenvalue weighted by atomic mass is 35.5. The quantitative estimate of drug-likeness (QED) is 0.767. The van der Waals surface area contributed by atoms with Crippen molar-refractivity contribution in [3.63, 3.8) is 0 Å². The second kappa shape index (κ2) is 6.76. The van der Waals surface area contributed by atoms with E-state index in [1.54, 1.807) is 0 Å². The molecule has 0 fully saturated rings. The second-order valence-corrected chi connectivity index (χ2v) is 5.54. The van der Waals surface area contributed by atoms with Gasteiger partial charge in [-0.2, -0.15) is 0 Å². The molecule has 0 N–H and O–H groups in total. The van der Waals surface area contributed by atoms with Crippen LogP contribution in [0.5, 0.6) is 5.88 Å². The maximum absolute atomic E-state index is 5.96. The third-order valence-corrected chi connectivity index (χ3v) is 3.45. The van der Waals surface area contributed by atoms with E-state index in [4.69, 9.17) is 16.3 Å². The first-order valence-corrected chi connectivity index (χ1v) is 7.36. The number of pyridine rings is 1. The van der Waals surface area contributed by atoms with Crippen molar-refractivity contribution < 1.29 is 4.74 Å². The molecular formula is C17H20ClNO. The minimum absolute atomic E-state index is 0.133. The van der Waals surface area contributed by atoms with Gasteiger partial charge in [0, 0.05) is 23.2 Å². The van der Waals surface area contributed by atoms with Gasteiger partial charge in [0.15, 0.2) is 0 Å². The van der Waals surface area contributed by atoms with E-state index in [0.717, 1.165) is 11.4 Å². The lowest BCUT2D eigenvalue weighted by molar-refractivity contribution is 0.232. The van der Waals surface area contributed by atoms with Gasteiger partial charge in [-0.15, -0.1) is 0 Å². The van der Waals surface area contributed by atoms with Crippen molar-refractivity contribution in [1.29, 1.82) is 0 Å². The van der Waals surface area contributed by atoms with Gasteiger partial charge in [0.05, 0.1) is 6.10 Å². The molecule has 0 saturated carbocycles. The maximum Gasteiger partial charge on any atom is 0.213 e. The van der Waals surface area contributed by atoms with Crippen LogP contribution in [0.3, 0.4) is 0 Å². The lowest BCUT2D eigenvalue weighted by Crippen LogP contribution is -2.08. The standard InChI is InChI=1S/C17H20ClNO/c1-4-16(13-5-7-15(18)8-6-13)14-9-10-19-17(11-14)20-12(2)3/h5-12,16H,4H2,1-3H3/t16-/m0/s1. The summed E-state index contributed by atoms with van der Waals surface area (Å²) in [6, 6.07) is 12.1. The number of ether oxygens (including phenoxy) is 1. The molecule has 1 aromatic heterocycles. The summed E-state index contributed by atoms with van der Waals surface area (Å²) >= 11 is 5.96. The second-order valence-electron chi connectivity index (χ2n) is 5.11. The van der Waals surface area contributed by atoms with Gasteiger partial charge < -0.3 is 4.74 Å². The van der Waals surface area contributed by atoms with Crippen molar-refractivity contribution in [2.45, 2.75) is 39.2 Å². The first-order valence-electron chi connectivity index (χ1n) is 6.98. The van der Waals surface area contributed by atoms with Crippen LogP contribution >= 0.6 is 11.6 Å². The largest absolute Gasteiger partial charge is 0.475 e. The van der Waals surface area contributed by atoms with E-state index >= 15 is 0 Å². The minimum Gasteiger partial charge on any atom is -0.475 e. The van der Waals surface area contributed by atoms with Crippen molar-refractivity contribution in [2.24, 2.45) is 0 Å². The smallest absolute Gasteiger partial charge is 0.213 e. The van der Waals surface area contributed by atoms with Crippen molar-refractivity contribution >= 4 is 11.6 Å². The summed E-state index contributed by atoms with van der Waals surface area (Å²) in [4.78, 5) is 4.26. The zero-order chi connectivity index (χ0) is 14.5. The van der Waals surface area contributed by atoms with E-state index in [-0.39, 0.29) is 6.10 Å². The van der Waals surface area contributed by atoms with Crippen molar-refractivity contribution in [3.05, 3.63) is 58.7 Å². The molecule has 2 aromatic rings. The monoisotopic (exact) mass is 289 g/mol. The Morgan fingerprint density at radius 1 is 1.10 bits per heavy atom. The molecule has 0 aliphatic carbocycles. The van der Waals surface area contributed by atoms with Gasteiger partial charge >= 0.3 is 0 Å². The highest BCUT2D eigenvalue weighted by Gasteiger charge is 2.13. The van der Waals surface area contributed by atoms with Gasteiger partial charge in [-0.3, -0.25) is 0 Å². The number of hydrogen-bond donors (Lipinski definition) is 0. The summed E-state index contributed by atoms with van der Waals surface area (Å²) < 4.78 is 5.67. The zero-order valence-corrected chi connectivity index (χ0v) is 12.9. The summed E-state index contributed by atoms with van der Waals surface area (Å²) in [7, 11) is 0. The van der Waals surface area contributed by atoms with E-state index in [1.165, 1.54) is 11.1 Å². The normalized spacial score (nSPS) is 12.4. The van der Waals surface area contributed by atoms with Crippen LogP contribution in [0.2, 0.25) is 5.02 Å². The van der Waals surface area contributed by atoms with Crippen LogP contribution in [0.4, 0.5) is 0 Å². The molecule has 106 valence electrons. The summed E-state index contributed by atoms with van der Waals surface area (Å²) in [6.07, 6.45) is 2.96. The lowest BCUT2D eigenvalue weighted by Gasteiger charge is -2.17. The van der Waals surface area contributed by atoms with Crippen LogP contribution in [0.15, 0.2) is 42.6 Å². The fourth-order valence-electron chi connectivity index (χ4n) is 2.31. The van der Waals surface area contributed by atoms with E-state index < -0.39 is 0 Å². The molecule has 0 amide bonds. The Bertz CT molecular complexity index is 551. The molecule has 1 aromatic carbocycles. The van der Waals surface area contributed by atoms with Crippen LogP contribution in [0.1, 0.15) is 44.2 Å². The van der Waals surface area contributed by atoms with Crippen LogP contribution in [-0.2, 0) is 0 Å². The third kappa shape index (κ3) is 3.73. The molecular weight excluding hydrogens is 270 g/mol. The Kier molecular flexibility index (Phi) is 5.02. The van der Waals surface area contributed by atoms with Gasteiger partial charge in [0.1, 0.15) is 0 Å². The third-order valence-electron chi connectivity index (χ3n) is 3.20. The first-order chi connectivity index (χ1) is 9.60. The average molecular weight is 290 g/mol. The Balaban J connectivity index is 2.29. The van der Waals surface area contributed by atoms with Gasteiger partial charge in [0.25, 0.3) is 0 Å². The molecule has 0 aliphatic rings. The highest BCUT2D eigenvalue weighted by molar-refractivity contribution is 6.30. The molecule has 1 atom stereocenters. The van der Waals surface area contributed by atoms with E-state index in [9.17, 15) is 0 Å². The fourth-order valence-corrected chi connectivity index (χ4v) is 2.43. The summed E-state index contributed by atoms with van der Waals surface area (Å²) in [5, 5.41) is 0.766. The first kappa shape index (κ1) is 14.9. The van der Waals surface area contributed by atoms with Crippen LogP contribution in [0, 0.1) is 0 Å². The zero-order valence-electron chi connectivity index (χ0n) is 12.1. The molecule has 0 unspecified atom stereocenters. The van der Waals surface area contributed by atoms with E-state index in [0.29, 0.717) is 11.8 Å². The van der Waals surface area contributed by atoms with Gasteiger partial charge in [-0.25, -0.2) is 4.98 Å². The fraction of sp³-hybridized carbons (Fsp3) is 0.353. The molecule has 2 rings (SSSR count). The van der Waals surface area contributed by atoms with Crippen molar-refractivity contribution in [3.8, 4) is 5.88 Å². The topological polar surface area (TPSA) is 22.1 Å². The van der Waals surface area contributed by atoms with Gasteiger partial charge in [0.2, 0.25) is 5.88 Å². The molecule has 0 radical (unpaired) electrons. The summed E-state index contributed by atoms with van der Waals surface area (Å²) in [6.45, 7) is 6.19. The number of benzene rings is 1. The molecule has 0 saturated heterocycles. The molecule has 0 bridgehead atoms. The van der Waals surface area contributed by atoms with E-state index in [2.05, 4.69) is 30.1 Å². The molecule has 0 aliphatic heterocycles. The number of aromatic nitrogens is 1. The van der Waals surface area contributed by atoms with Gasteiger partial charge in [-0.1, -0.05) is 30.7 Å². The Labute approximate surface area is 125 Å². The summed E-state index contributed by atoms with van der Waals surface area (Å²) in [5.74, 6) is 1.02. The number of rotatable bonds is 5. The predicted octanol–water partition coefficient (Wildman–Crippen LogP) is 5.06. The highest BCUT2D eigenvalue weighted by Crippen LogP contribution is 2.30. The maximum atomic E-state index is 5.96.